The van der Waals surface area contributed by atoms with E-state index in [1.54, 1.807) is 0 Å². The van der Waals surface area contributed by atoms with Crippen molar-refractivity contribution in [3.8, 4) is 0 Å². The van der Waals surface area contributed by atoms with Gasteiger partial charge in [0.1, 0.15) is 0 Å². The second-order valence-electron chi connectivity index (χ2n) is 4.26. The molecule has 13 heavy (non-hydrogen) atoms. The third-order valence-electron chi connectivity index (χ3n) is 2.00. The van der Waals surface area contributed by atoms with E-state index in [2.05, 4.69) is 38.0 Å². The van der Waals surface area contributed by atoms with E-state index >= 15 is 0 Å². The summed E-state index contributed by atoms with van der Waals surface area (Å²) in [7, 11) is 2.21. The molecule has 80 valence electrons. The molecule has 0 aromatic heterocycles. The van der Waals surface area contributed by atoms with Crippen LogP contribution in [0.5, 0.6) is 0 Å². The van der Waals surface area contributed by atoms with Gasteiger partial charge in [-0.1, -0.05) is 20.8 Å². The maximum Gasteiger partial charge on any atom is 0.000134 e. The molecule has 0 aliphatic carbocycles. The number of nitrogens with one attached hydrogen (secondary N) is 1. The lowest BCUT2D eigenvalue weighted by atomic mass is 10.2. The summed E-state index contributed by atoms with van der Waals surface area (Å²) in [6, 6.07) is 0. The van der Waals surface area contributed by atoms with Crippen molar-refractivity contribution in [3.05, 3.63) is 0 Å². The first-order chi connectivity index (χ1) is 6.16. The highest BCUT2D eigenvalue weighted by Gasteiger charge is 2.00. The van der Waals surface area contributed by atoms with Gasteiger partial charge in [0.15, 0.2) is 0 Å². The molecule has 0 unspecified atom stereocenters. The minimum atomic E-state index is 0.786. The van der Waals surface area contributed by atoms with Crippen molar-refractivity contribution in [2.24, 2.45) is 5.92 Å². The zero-order valence-corrected chi connectivity index (χ0v) is 9.77. The van der Waals surface area contributed by atoms with E-state index in [1.165, 1.54) is 25.9 Å². The van der Waals surface area contributed by atoms with Crippen LogP contribution in [0.1, 0.15) is 33.6 Å². The Balaban J connectivity index is 3.12. The van der Waals surface area contributed by atoms with Crippen LogP contribution in [0, 0.1) is 5.92 Å². The number of hydrogen-bond acceptors (Lipinski definition) is 2. The molecule has 0 saturated carbocycles. The molecule has 0 amide bonds. The highest BCUT2D eigenvalue weighted by atomic mass is 15.1. The standard InChI is InChI=1S/C11H26N2/c1-5-7-12-8-6-9-13(4)10-11(2)3/h11-12H,5-10H2,1-4H3. The molecule has 0 heterocycles. The van der Waals surface area contributed by atoms with Crippen molar-refractivity contribution in [1.82, 2.24) is 10.2 Å². The van der Waals surface area contributed by atoms with Crippen LogP contribution in [0.2, 0.25) is 0 Å². The second kappa shape index (κ2) is 8.52. The van der Waals surface area contributed by atoms with Crippen LogP contribution in [0.25, 0.3) is 0 Å². The predicted molar refractivity (Wildman–Crippen MR) is 60.1 cm³/mol. The highest BCUT2D eigenvalue weighted by Crippen LogP contribution is 1.95. The summed E-state index contributed by atoms with van der Waals surface area (Å²) in [5.74, 6) is 0.786. The van der Waals surface area contributed by atoms with Crippen molar-refractivity contribution in [2.75, 3.05) is 33.2 Å². The summed E-state index contributed by atoms with van der Waals surface area (Å²) in [5, 5.41) is 3.42. The summed E-state index contributed by atoms with van der Waals surface area (Å²) >= 11 is 0. The van der Waals surface area contributed by atoms with Gasteiger partial charge in [-0.25, -0.2) is 0 Å². The third kappa shape index (κ3) is 9.84. The molecule has 0 atom stereocenters. The Morgan fingerprint density at radius 1 is 1.23 bits per heavy atom. The van der Waals surface area contributed by atoms with E-state index in [1.807, 2.05) is 0 Å². The van der Waals surface area contributed by atoms with Gasteiger partial charge < -0.3 is 10.2 Å². The van der Waals surface area contributed by atoms with E-state index < -0.39 is 0 Å². The second-order valence-corrected chi connectivity index (χ2v) is 4.26. The van der Waals surface area contributed by atoms with Crippen LogP contribution in [-0.2, 0) is 0 Å². The first-order valence-corrected chi connectivity index (χ1v) is 5.56. The van der Waals surface area contributed by atoms with E-state index in [-0.39, 0.29) is 0 Å². The average Bonchev–Trinajstić information content (AvgIpc) is 2.02. The van der Waals surface area contributed by atoms with Gasteiger partial charge in [-0.3, -0.25) is 0 Å². The van der Waals surface area contributed by atoms with Crippen molar-refractivity contribution >= 4 is 0 Å². The summed E-state index contributed by atoms with van der Waals surface area (Å²) in [6.07, 6.45) is 2.51. The van der Waals surface area contributed by atoms with Crippen molar-refractivity contribution < 1.29 is 0 Å². The normalized spacial score (nSPS) is 11.5. The fraction of sp³-hybridized carbons (Fsp3) is 1.00. The van der Waals surface area contributed by atoms with Crippen LogP contribution in [-0.4, -0.2) is 38.1 Å². The van der Waals surface area contributed by atoms with Gasteiger partial charge in [0.2, 0.25) is 0 Å². The fourth-order valence-corrected chi connectivity index (χ4v) is 1.49. The van der Waals surface area contributed by atoms with Crippen LogP contribution in [0.3, 0.4) is 0 Å². The van der Waals surface area contributed by atoms with E-state index in [9.17, 15) is 0 Å². The molecule has 2 heteroatoms. The smallest absolute Gasteiger partial charge is 0.000134 e. The van der Waals surface area contributed by atoms with E-state index in [4.69, 9.17) is 0 Å². The summed E-state index contributed by atoms with van der Waals surface area (Å²) in [5.41, 5.74) is 0. The maximum atomic E-state index is 3.42. The van der Waals surface area contributed by atoms with E-state index in [0.717, 1.165) is 19.0 Å². The first-order valence-electron chi connectivity index (χ1n) is 5.56. The molecular weight excluding hydrogens is 160 g/mol. The highest BCUT2D eigenvalue weighted by molar-refractivity contribution is 4.56. The summed E-state index contributed by atoms with van der Waals surface area (Å²) in [4.78, 5) is 2.41. The van der Waals surface area contributed by atoms with Gasteiger partial charge in [-0.05, 0) is 45.4 Å². The molecule has 0 rings (SSSR count). The van der Waals surface area contributed by atoms with Crippen LogP contribution in [0.4, 0.5) is 0 Å². The Hall–Kier alpha value is -0.0800. The zero-order valence-electron chi connectivity index (χ0n) is 9.77. The van der Waals surface area contributed by atoms with Crippen molar-refractivity contribution in [3.63, 3.8) is 0 Å². The Morgan fingerprint density at radius 3 is 2.46 bits per heavy atom. The number of hydrogen-bond donors (Lipinski definition) is 1. The number of nitrogens with zero attached hydrogens (tertiary/aromatic N) is 1. The Bertz CT molecular complexity index is 102. The molecule has 0 aliphatic heterocycles. The SMILES string of the molecule is CCCNCCCN(C)CC(C)C. The Kier molecular flexibility index (Phi) is 8.46. The lowest BCUT2D eigenvalue weighted by molar-refractivity contribution is 0.291. The molecule has 1 N–H and O–H groups in total. The topological polar surface area (TPSA) is 15.3 Å². The van der Waals surface area contributed by atoms with Gasteiger partial charge in [0, 0.05) is 6.54 Å². The molecule has 2 nitrogen and oxygen atoms in total. The van der Waals surface area contributed by atoms with Crippen LogP contribution >= 0.6 is 0 Å². The molecule has 0 bridgehead atoms. The van der Waals surface area contributed by atoms with Crippen LogP contribution < -0.4 is 5.32 Å². The Labute approximate surface area is 83.7 Å². The Morgan fingerprint density at radius 2 is 1.92 bits per heavy atom. The van der Waals surface area contributed by atoms with Crippen molar-refractivity contribution in [1.29, 1.82) is 0 Å². The molecule has 0 aromatic rings. The van der Waals surface area contributed by atoms with Gasteiger partial charge >= 0.3 is 0 Å². The van der Waals surface area contributed by atoms with E-state index in [0.29, 0.717) is 0 Å². The van der Waals surface area contributed by atoms with Crippen molar-refractivity contribution in [2.45, 2.75) is 33.6 Å². The molecule has 0 aromatic carbocycles. The minimum absolute atomic E-state index is 0.786. The third-order valence-corrected chi connectivity index (χ3v) is 2.00. The molecule has 0 fully saturated rings. The molecule has 0 aliphatic rings. The molecule has 0 radical (unpaired) electrons. The first kappa shape index (κ1) is 12.9. The summed E-state index contributed by atoms with van der Waals surface area (Å²) < 4.78 is 0. The fourth-order valence-electron chi connectivity index (χ4n) is 1.49. The largest absolute Gasteiger partial charge is 0.317 e. The predicted octanol–water partition coefficient (Wildman–Crippen LogP) is 1.96. The average molecular weight is 186 g/mol. The molecule has 0 saturated heterocycles. The number of rotatable bonds is 8. The quantitative estimate of drug-likeness (QED) is 0.583. The van der Waals surface area contributed by atoms with Gasteiger partial charge in [-0.2, -0.15) is 0 Å². The monoisotopic (exact) mass is 186 g/mol. The zero-order chi connectivity index (χ0) is 10.1. The maximum absolute atomic E-state index is 3.42. The van der Waals surface area contributed by atoms with Gasteiger partial charge in [0.25, 0.3) is 0 Å². The summed E-state index contributed by atoms with van der Waals surface area (Å²) in [6.45, 7) is 11.5. The molecule has 0 spiro atoms. The van der Waals surface area contributed by atoms with Gasteiger partial charge in [0.05, 0.1) is 0 Å². The molecular formula is C11H26N2. The lowest BCUT2D eigenvalue weighted by Gasteiger charge is -2.18. The minimum Gasteiger partial charge on any atom is -0.317 e. The van der Waals surface area contributed by atoms with Crippen LogP contribution in [0.15, 0.2) is 0 Å². The lowest BCUT2D eigenvalue weighted by Crippen LogP contribution is -2.27. The van der Waals surface area contributed by atoms with Gasteiger partial charge in [-0.15, -0.1) is 0 Å².